The van der Waals surface area contributed by atoms with Crippen molar-refractivity contribution in [2.24, 2.45) is 17.3 Å². The van der Waals surface area contributed by atoms with E-state index in [1.807, 2.05) is 0 Å². The fourth-order valence-corrected chi connectivity index (χ4v) is 3.36. The van der Waals surface area contributed by atoms with Crippen LogP contribution in [0.25, 0.3) is 0 Å². The normalized spacial score (nSPS) is 49.3. The van der Waals surface area contributed by atoms with Crippen molar-refractivity contribution in [3.8, 4) is 0 Å². The first-order valence-electron chi connectivity index (χ1n) is 5.25. The molecule has 0 saturated heterocycles. The minimum Gasteiger partial charge on any atom is -0.0882 e. The zero-order valence-corrected chi connectivity index (χ0v) is 7.50. The maximum Gasteiger partial charge on any atom is -0.00495 e. The molecule has 0 heterocycles. The van der Waals surface area contributed by atoms with Crippen molar-refractivity contribution in [2.75, 3.05) is 0 Å². The number of hydrogen-bond donors (Lipinski definition) is 0. The Labute approximate surface area is 74.4 Å². The van der Waals surface area contributed by atoms with Crippen LogP contribution in [0.3, 0.4) is 0 Å². The van der Waals surface area contributed by atoms with Crippen LogP contribution in [0, 0.1) is 17.3 Å². The molecule has 1 saturated carbocycles. The Bertz CT molecular complexity index is 249. The van der Waals surface area contributed by atoms with E-state index >= 15 is 0 Å². The topological polar surface area (TPSA) is 0 Å². The minimum atomic E-state index is 0.623. The van der Waals surface area contributed by atoms with Gasteiger partial charge in [-0.2, -0.15) is 0 Å². The Kier molecular flexibility index (Phi) is 1.30. The monoisotopic (exact) mass is 160 g/mol. The van der Waals surface area contributed by atoms with Crippen LogP contribution >= 0.6 is 0 Å². The molecule has 2 bridgehead atoms. The first-order valence-corrected chi connectivity index (χ1v) is 5.25. The van der Waals surface area contributed by atoms with Gasteiger partial charge in [0.25, 0.3) is 0 Å². The van der Waals surface area contributed by atoms with Gasteiger partial charge < -0.3 is 0 Å². The van der Waals surface area contributed by atoms with Crippen LogP contribution in [-0.4, -0.2) is 0 Å². The van der Waals surface area contributed by atoms with Crippen molar-refractivity contribution in [1.29, 1.82) is 0 Å². The van der Waals surface area contributed by atoms with E-state index in [9.17, 15) is 0 Å². The van der Waals surface area contributed by atoms with Gasteiger partial charge in [-0.05, 0) is 49.4 Å². The van der Waals surface area contributed by atoms with Gasteiger partial charge in [0.1, 0.15) is 0 Å². The van der Waals surface area contributed by atoms with Gasteiger partial charge >= 0.3 is 0 Å². The lowest BCUT2D eigenvalue weighted by Crippen LogP contribution is -2.21. The first kappa shape index (κ1) is 6.94. The van der Waals surface area contributed by atoms with Crippen LogP contribution in [0.5, 0.6) is 0 Å². The molecule has 0 aromatic carbocycles. The molecule has 0 aliphatic heterocycles. The Morgan fingerprint density at radius 2 is 2.17 bits per heavy atom. The van der Waals surface area contributed by atoms with E-state index in [0.717, 1.165) is 11.8 Å². The zero-order chi connectivity index (χ0) is 8.02. The molecule has 3 aliphatic carbocycles. The standard InChI is InChI=1S/C12H16/c1-2-4-11(3-1)12-7-5-10(9-12)6-8-12/h1,3,5,7,10-11H,2,4,6,8-9H2. The molecule has 3 aliphatic rings. The van der Waals surface area contributed by atoms with Crippen LogP contribution in [0.2, 0.25) is 0 Å². The maximum atomic E-state index is 2.53. The predicted molar refractivity (Wildman–Crippen MR) is 50.8 cm³/mol. The largest absolute Gasteiger partial charge is 0.0882 e. The number of fused-ring (bicyclic) bond motifs is 2. The highest BCUT2D eigenvalue weighted by molar-refractivity contribution is 5.21. The van der Waals surface area contributed by atoms with E-state index in [4.69, 9.17) is 0 Å². The lowest BCUT2D eigenvalue weighted by Gasteiger charge is -2.29. The molecular formula is C12H16. The van der Waals surface area contributed by atoms with E-state index in [-0.39, 0.29) is 0 Å². The van der Waals surface area contributed by atoms with E-state index in [0.29, 0.717) is 5.41 Å². The van der Waals surface area contributed by atoms with Crippen LogP contribution in [-0.2, 0) is 0 Å². The summed E-state index contributed by atoms with van der Waals surface area (Å²) in [5, 5.41) is 0. The molecular weight excluding hydrogens is 144 g/mol. The van der Waals surface area contributed by atoms with E-state index in [1.165, 1.54) is 32.1 Å². The van der Waals surface area contributed by atoms with Crippen molar-refractivity contribution in [2.45, 2.75) is 32.1 Å². The smallest absolute Gasteiger partial charge is 0.00495 e. The summed E-state index contributed by atoms with van der Waals surface area (Å²) in [5.41, 5.74) is 0.623. The van der Waals surface area contributed by atoms with Gasteiger partial charge in [0.05, 0.1) is 0 Å². The fraction of sp³-hybridized carbons (Fsp3) is 0.667. The van der Waals surface area contributed by atoms with Crippen molar-refractivity contribution < 1.29 is 0 Å². The highest BCUT2D eigenvalue weighted by Gasteiger charge is 2.45. The Morgan fingerprint density at radius 1 is 1.17 bits per heavy atom. The Hall–Kier alpha value is -0.520. The van der Waals surface area contributed by atoms with Gasteiger partial charge in [-0.15, -0.1) is 0 Å². The Balaban J connectivity index is 1.90. The van der Waals surface area contributed by atoms with Crippen LogP contribution in [0.15, 0.2) is 24.3 Å². The predicted octanol–water partition coefficient (Wildman–Crippen LogP) is 3.31. The minimum absolute atomic E-state index is 0.623. The third kappa shape index (κ3) is 0.784. The molecule has 0 amide bonds. The molecule has 1 fully saturated rings. The molecule has 0 radical (unpaired) electrons. The van der Waals surface area contributed by atoms with Crippen molar-refractivity contribution in [3.05, 3.63) is 24.3 Å². The maximum absolute atomic E-state index is 2.53. The fourth-order valence-electron chi connectivity index (χ4n) is 3.36. The molecule has 3 atom stereocenters. The molecule has 0 nitrogen and oxygen atoms in total. The third-order valence-electron chi connectivity index (χ3n) is 4.07. The summed E-state index contributed by atoms with van der Waals surface area (Å²) in [6.45, 7) is 0. The molecule has 3 rings (SSSR count). The third-order valence-corrected chi connectivity index (χ3v) is 4.07. The lowest BCUT2D eigenvalue weighted by atomic mass is 9.75. The Morgan fingerprint density at radius 3 is 2.67 bits per heavy atom. The molecule has 64 valence electrons. The molecule has 12 heavy (non-hydrogen) atoms. The summed E-state index contributed by atoms with van der Waals surface area (Å²) >= 11 is 0. The van der Waals surface area contributed by atoms with E-state index < -0.39 is 0 Å². The van der Waals surface area contributed by atoms with Crippen molar-refractivity contribution in [3.63, 3.8) is 0 Å². The van der Waals surface area contributed by atoms with E-state index in [1.54, 1.807) is 0 Å². The van der Waals surface area contributed by atoms with Gasteiger partial charge in [0, 0.05) is 0 Å². The summed E-state index contributed by atoms with van der Waals surface area (Å²) in [4.78, 5) is 0. The lowest BCUT2D eigenvalue weighted by molar-refractivity contribution is 0.286. The van der Waals surface area contributed by atoms with Crippen LogP contribution in [0.1, 0.15) is 32.1 Å². The number of rotatable bonds is 1. The van der Waals surface area contributed by atoms with Crippen LogP contribution < -0.4 is 0 Å². The van der Waals surface area contributed by atoms with Gasteiger partial charge in [-0.1, -0.05) is 24.3 Å². The second kappa shape index (κ2) is 2.25. The number of hydrogen-bond acceptors (Lipinski definition) is 0. The van der Waals surface area contributed by atoms with Crippen molar-refractivity contribution in [1.82, 2.24) is 0 Å². The average molecular weight is 160 g/mol. The van der Waals surface area contributed by atoms with Gasteiger partial charge in [0.15, 0.2) is 0 Å². The van der Waals surface area contributed by atoms with E-state index in [2.05, 4.69) is 24.3 Å². The molecule has 0 N–H and O–H groups in total. The summed E-state index contributed by atoms with van der Waals surface area (Å²) in [6, 6.07) is 0. The second-order valence-corrected chi connectivity index (χ2v) is 4.71. The summed E-state index contributed by atoms with van der Waals surface area (Å²) < 4.78 is 0. The highest BCUT2D eigenvalue weighted by atomic mass is 14.5. The summed E-state index contributed by atoms with van der Waals surface area (Å²) in [6.07, 6.45) is 17.0. The van der Waals surface area contributed by atoms with Crippen LogP contribution in [0.4, 0.5) is 0 Å². The molecule has 0 heteroatoms. The zero-order valence-electron chi connectivity index (χ0n) is 7.50. The number of allylic oxidation sites excluding steroid dienone is 4. The second-order valence-electron chi connectivity index (χ2n) is 4.71. The molecule has 0 aromatic heterocycles. The molecule has 0 aromatic rings. The first-order chi connectivity index (χ1) is 5.89. The van der Waals surface area contributed by atoms with Gasteiger partial charge in [0.2, 0.25) is 0 Å². The summed E-state index contributed by atoms with van der Waals surface area (Å²) in [5.74, 6) is 1.83. The van der Waals surface area contributed by atoms with Crippen molar-refractivity contribution >= 4 is 0 Å². The SMILES string of the molecule is C1=CC(C23C=CC(CC2)C3)CC1. The quantitative estimate of drug-likeness (QED) is 0.516. The van der Waals surface area contributed by atoms with Gasteiger partial charge in [-0.25, -0.2) is 0 Å². The summed E-state index contributed by atoms with van der Waals surface area (Å²) in [7, 11) is 0. The van der Waals surface area contributed by atoms with Gasteiger partial charge in [-0.3, -0.25) is 0 Å². The average Bonchev–Trinajstić information content (AvgIpc) is 2.82. The molecule has 0 spiro atoms. The highest BCUT2D eigenvalue weighted by Crippen LogP contribution is 2.55. The molecule has 3 unspecified atom stereocenters.